The number of benzene rings is 1. The molecule has 1 fully saturated rings. The van der Waals surface area contributed by atoms with Gasteiger partial charge in [-0.2, -0.15) is 11.8 Å². The molecular formula is C14H17N3O4S. The summed E-state index contributed by atoms with van der Waals surface area (Å²) in [6.07, 6.45) is 0. The molecule has 1 aromatic carbocycles. The highest BCUT2D eigenvalue weighted by atomic mass is 32.2. The third kappa shape index (κ3) is 2.92. The zero-order valence-corrected chi connectivity index (χ0v) is 13.2. The van der Waals surface area contributed by atoms with Gasteiger partial charge in [-0.1, -0.05) is 6.92 Å². The SMILES string of the molecule is CCSCCN1C(=O)NC(C)(c2ccc([N+](=O)[O-])cc2)C1=O. The van der Waals surface area contributed by atoms with Crippen LogP contribution >= 0.6 is 11.8 Å². The van der Waals surface area contributed by atoms with Crippen LogP contribution in [0.5, 0.6) is 0 Å². The van der Waals surface area contributed by atoms with Crippen LogP contribution in [0.2, 0.25) is 0 Å². The second-order valence-corrected chi connectivity index (χ2v) is 6.41. The molecule has 1 aliphatic heterocycles. The molecule has 1 aliphatic rings. The lowest BCUT2D eigenvalue weighted by molar-refractivity contribution is -0.384. The predicted octanol–water partition coefficient (Wildman–Crippen LogP) is 2.11. The van der Waals surface area contributed by atoms with E-state index in [9.17, 15) is 19.7 Å². The Morgan fingerprint density at radius 3 is 2.50 bits per heavy atom. The Kier molecular flexibility index (Phi) is 4.70. The van der Waals surface area contributed by atoms with Crippen molar-refractivity contribution in [2.75, 3.05) is 18.1 Å². The van der Waals surface area contributed by atoms with E-state index in [2.05, 4.69) is 5.32 Å². The summed E-state index contributed by atoms with van der Waals surface area (Å²) in [4.78, 5) is 36.0. The Bertz CT molecular complexity index is 605. The molecule has 8 heteroatoms. The molecule has 1 aromatic rings. The standard InChI is InChI=1S/C14H17N3O4S/c1-3-22-9-8-16-12(18)14(2,15-13(16)19)10-4-6-11(7-5-10)17(20)21/h4-7H,3,8-9H2,1-2H3,(H,15,19). The first-order valence-corrected chi connectivity index (χ1v) is 8.02. The Balaban J connectivity index is 2.21. The number of thioether (sulfide) groups is 1. The lowest BCUT2D eigenvalue weighted by Gasteiger charge is -2.22. The number of imide groups is 1. The number of non-ortho nitro benzene ring substituents is 1. The van der Waals surface area contributed by atoms with Crippen LogP contribution in [0.15, 0.2) is 24.3 Å². The minimum atomic E-state index is -1.18. The van der Waals surface area contributed by atoms with Gasteiger partial charge in [0.15, 0.2) is 0 Å². The second kappa shape index (κ2) is 6.35. The molecule has 118 valence electrons. The van der Waals surface area contributed by atoms with Gasteiger partial charge >= 0.3 is 6.03 Å². The zero-order valence-electron chi connectivity index (χ0n) is 12.4. The number of hydrogen-bond donors (Lipinski definition) is 1. The molecule has 1 unspecified atom stereocenters. The molecule has 2 rings (SSSR count). The average Bonchev–Trinajstić information content (AvgIpc) is 2.71. The first-order chi connectivity index (χ1) is 10.4. The molecule has 0 radical (unpaired) electrons. The van der Waals surface area contributed by atoms with Gasteiger partial charge in [-0.05, 0) is 30.4 Å². The van der Waals surface area contributed by atoms with Crippen molar-refractivity contribution < 1.29 is 14.5 Å². The highest BCUT2D eigenvalue weighted by Gasteiger charge is 2.48. The first kappa shape index (κ1) is 16.3. The van der Waals surface area contributed by atoms with E-state index in [1.54, 1.807) is 18.7 Å². The number of nitrogens with zero attached hydrogens (tertiary/aromatic N) is 2. The van der Waals surface area contributed by atoms with E-state index in [0.717, 1.165) is 5.75 Å². The van der Waals surface area contributed by atoms with E-state index in [1.807, 2.05) is 6.92 Å². The van der Waals surface area contributed by atoms with Crippen LogP contribution in [0.3, 0.4) is 0 Å². The molecule has 1 saturated heterocycles. The van der Waals surface area contributed by atoms with E-state index >= 15 is 0 Å². The van der Waals surface area contributed by atoms with E-state index in [4.69, 9.17) is 0 Å². The molecule has 1 atom stereocenters. The molecule has 0 aliphatic carbocycles. The number of rotatable bonds is 6. The van der Waals surface area contributed by atoms with Crippen LogP contribution in [0.25, 0.3) is 0 Å². The largest absolute Gasteiger partial charge is 0.325 e. The molecule has 0 saturated carbocycles. The quantitative estimate of drug-likeness (QED) is 0.374. The van der Waals surface area contributed by atoms with Gasteiger partial charge in [-0.3, -0.25) is 19.8 Å². The minimum Gasteiger partial charge on any atom is -0.319 e. The number of carbonyl (C=O) groups excluding carboxylic acids is 2. The number of nitrogens with one attached hydrogen (secondary N) is 1. The Labute approximate surface area is 132 Å². The number of amides is 3. The summed E-state index contributed by atoms with van der Waals surface area (Å²) in [5, 5.41) is 13.4. The lowest BCUT2D eigenvalue weighted by Crippen LogP contribution is -2.41. The average molecular weight is 323 g/mol. The van der Waals surface area contributed by atoms with E-state index in [0.29, 0.717) is 17.9 Å². The van der Waals surface area contributed by atoms with Gasteiger partial charge in [0, 0.05) is 24.4 Å². The van der Waals surface area contributed by atoms with E-state index in [-0.39, 0.29) is 11.6 Å². The first-order valence-electron chi connectivity index (χ1n) is 6.87. The Morgan fingerprint density at radius 1 is 1.32 bits per heavy atom. The molecular weight excluding hydrogens is 306 g/mol. The van der Waals surface area contributed by atoms with Gasteiger partial charge in [-0.25, -0.2) is 4.79 Å². The molecule has 22 heavy (non-hydrogen) atoms. The summed E-state index contributed by atoms with van der Waals surface area (Å²) in [7, 11) is 0. The van der Waals surface area contributed by atoms with Crippen molar-refractivity contribution in [2.24, 2.45) is 0 Å². The van der Waals surface area contributed by atoms with Gasteiger partial charge in [0.1, 0.15) is 5.54 Å². The van der Waals surface area contributed by atoms with Crippen LogP contribution in [-0.2, 0) is 10.3 Å². The van der Waals surface area contributed by atoms with Gasteiger partial charge in [0.25, 0.3) is 11.6 Å². The minimum absolute atomic E-state index is 0.0553. The summed E-state index contributed by atoms with van der Waals surface area (Å²) in [6, 6.07) is 5.23. The van der Waals surface area contributed by atoms with Crippen LogP contribution < -0.4 is 5.32 Å². The monoisotopic (exact) mass is 323 g/mol. The third-order valence-electron chi connectivity index (χ3n) is 3.59. The van der Waals surface area contributed by atoms with Crippen molar-refractivity contribution in [1.29, 1.82) is 0 Å². The fourth-order valence-electron chi connectivity index (χ4n) is 2.31. The zero-order chi connectivity index (χ0) is 16.3. The highest BCUT2D eigenvalue weighted by molar-refractivity contribution is 7.99. The van der Waals surface area contributed by atoms with Crippen LogP contribution in [-0.4, -0.2) is 39.8 Å². The molecule has 3 amide bonds. The molecule has 1 heterocycles. The van der Waals surface area contributed by atoms with Crippen molar-refractivity contribution in [3.8, 4) is 0 Å². The predicted molar refractivity (Wildman–Crippen MR) is 83.7 cm³/mol. The molecule has 7 nitrogen and oxygen atoms in total. The van der Waals surface area contributed by atoms with E-state index < -0.39 is 16.5 Å². The van der Waals surface area contributed by atoms with E-state index in [1.165, 1.54) is 29.2 Å². The van der Waals surface area contributed by atoms with Crippen molar-refractivity contribution >= 4 is 29.4 Å². The maximum atomic E-state index is 12.6. The maximum absolute atomic E-state index is 12.6. The summed E-state index contributed by atoms with van der Waals surface area (Å²) >= 11 is 1.65. The Morgan fingerprint density at radius 2 is 1.95 bits per heavy atom. The van der Waals surface area contributed by atoms with Crippen molar-refractivity contribution in [2.45, 2.75) is 19.4 Å². The molecule has 0 bridgehead atoms. The number of urea groups is 1. The highest BCUT2D eigenvalue weighted by Crippen LogP contribution is 2.30. The van der Waals surface area contributed by atoms with Gasteiger partial charge in [0.05, 0.1) is 4.92 Å². The topological polar surface area (TPSA) is 92.6 Å². The number of hydrogen-bond acceptors (Lipinski definition) is 5. The smallest absolute Gasteiger partial charge is 0.319 e. The summed E-state index contributed by atoms with van der Waals surface area (Å²) in [5.41, 5.74) is -0.703. The summed E-state index contributed by atoms with van der Waals surface area (Å²) < 4.78 is 0. The molecule has 1 N–H and O–H groups in total. The normalized spacial score (nSPS) is 21.1. The summed E-state index contributed by atoms with van der Waals surface area (Å²) in [6.45, 7) is 3.98. The third-order valence-corrected chi connectivity index (χ3v) is 4.47. The molecule has 0 spiro atoms. The number of nitro benzene ring substituents is 1. The number of carbonyl (C=O) groups is 2. The van der Waals surface area contributed by atoms with Gasteiger partial charge in [-0.15, -0.1) is 0 Å². The van der Waals surface area contributed by atoms with Crippen LogP contribution in [0, 0.1) is 10.1 Å². The van der Waals surface area contributed by atoms with Crippen molar-refractivity contribution in [1.82, 2.24) is 10.2 Å². The fraction of sp³-hybridized carbons (Fsp3) is 0.429. The van der Waals surface area contributed by atoms with Crippen molar-refractivity contribution in [3.63, 3.8) is 0 Å². The second-order valence-electron chi connectivity index (χ2n) is 5.01. The fourth-order valence-corrected chi connectivity index (χ4v) is 2.91. The van der Waals surface area contributed by atoms with Crippen LogP contribution in [0.1, 0.15) is 19.4 Å². The maximum Gasteiger partial charge on any atom is 0.325 e. The van der Waals surface area contributed by atoms with Gasteiger partial charge in [0.2, 0.25) is 0 Å². The number of nitro groups is 1. The lowest BCUT2D eigenvalue weighted by atomic mass is 9.92. The van der Waals surface area contributed by atoms with Crippen molar-refractivity contribution in [3.05, 3.63) is 39.9 Å². The Hall–Kier alpha value is -2.09. The molecule has 0 aromatic heterocycles. The van der Waals surface area contributed by atoms with Crippen LogP contribution in [0.4, 0.5) is 10.5 Å². The van der Waals surface area contributed by atoms with Gasteiger partial charge < -0.3 is 5.32 Å². The summed E-state index contributed by atoms with van der Waals surface area (Å²) in [5.74, 6) is 1.28.